The van der Waals surface area contributed by atoms with E-state index < -0.39 is 0 Å². The molecule has 0 fully saturated rings. The van der Waals surface area contributed by atoms with Crippen LogP contribution in [0.1, 0.15) is 37.3 Å². The molecule has 0 saturated heterocycles. The second-order valence-electron chi connectivity index (χ2n) is 4.35. The molecule has 1 rings (SSSR count). The van der Waals surface area contributed by atoms with Gasteiger partial charge in [0.2, 0.25) is 0 Å². The van der Waals surface area contributed by atoms with Crippen LogP contribution in [-0.2, 0) is 6.54 Å². The predicted molar refractivity (Wildman–Crippen MR) is 94.5 cm³/mol. The number of rotatable bonds is 6. The van der Waals surface area contributed by atoms with Gasteiger partial charge in [0.15, 0.2) is 5.96 Å². The number of nitrogens with one attached hydrogen (secondary N) is 2. The minimum absolute atomic E-state index is 0. The highest BCUT2D eigenvalue weighted by atomic mass is 127. The Morgan fingerprint density at radius 3 is 2.53 bits per heavy atom. The van der Waals surface area contributed by atoms with E-state index in [1.807, 2.05) is 19.5 Å². The normalized spacial score (nSPS) is 11.3. The lowest BCUT2D eigenvalue weighted by atomic mass is 10.0. The second kappa shape index (κ2) is 10.4. The molecule has 0 saturated carbocycles. The Bertz CT molecular complexity index is 374. The van der Waals surface area contributed by atoms with Gasteiger partial charge in [-0.15, -0.1) is 35.3 Å². The maximum atomic E-state index is 4.24. The molecule has 6 heteroatoms. The first-order valence-electron chi connectivity index (χ1n) is 6.54. The van der Waals surface area contributed by atoms with Gasteiger partial charge in [0.1, 0.15) is 0 Å². The fraction of sp³-hybridized carbons (Fsp3) is 0.692. The average Bonchev–Trinajstić information content (AvgIpc) is 2.80. The third-order valence-corrected chi connectivity index (χ3v) is 4.13. The van der Waals surface area contributed by atoms with Crippen LogP contribution in [0.25, 0.3) is 0 Å². The molecule has 0 amide bonds. The van der Waals surface area contributed by atoms with Gasteiger partial charge in [-0.1, -0.05) is 26.7 Å². The summed E-state index contributed by atoms with van der Waals surface area (Å²) in [5.74, 6) is 1.59. The van der Waals surface area contributed by atoms with Crippen LogP contribution in [0.4, 0.5) is 0 Å². The van der Waals surface area contributed by atoms with E-state index in [0.717, 1.165) is 24.7 Å². The molecule has 0 unspecified atom stereocenters. The first-order valence-corrected chi connectivity index (χ1v) is 7.42. The summed E-state index contributed by atoms with van der Waals surface area (Å²) < 4.78 is 0. The Morgan fingerprint density at radius 1 is 1.37 bits per heavy atom. The first-order chi connectivity index (χ1) is 8.71. The number of nitrogens with zero attached hydrogens (tertiary/aromatic N) is 2. The fourth-order valence-electron chi connectivity index (χ4n) is 1.70. The molecular weight excluding hydrogens is 371 g/mol. The molecule has 0 aliphatic heterocycles. The minimum atomic E-state index is 0. The molecule has 1 aromatic rings. The Hall–Kier alpha value is -0.370. The van der Waals surface area contributed by atoms with Crippen molar-refractivity contribution in [1.82, 2.24) is 15.6 Å². The molecule has 110 valence electrons. The van der Waals surface area contributed by atoms with Crippen molar-refractivity contribution >= 4 is 41.3 Å². The summed E-state index contributed by atoms with van der Waals surface area (Å²) in [5.41, 5.74) is 2.98. The Balaban J connectivity index is 0.00000324. The van der Waals surface area contributed by atoms with Gasteiger partial charge >= 0.3 is 0 Å². The first kappa shape index (κ1) is 18.6. The van der Waals surface area contributed by atoms with Crippen molar-refractivity contribution in [2.24, 2.45) is 10.9 Å². The van der Waals surface area contributed by atoms with E-state index in [1.165, 1.54) is 17.7 Å². The molecule has 19 heavy (non-hydrogen) atoms. The monoisotopic (exact) mass is 396 g/mol. The lowest BCUT2D eigenvalue weighted by molar-refractivity contribution is 0.481. The molecule has 0 aliphatic rings. The number of hydrogen-bond donors (Lipinski definition) is 2. The predicted octanol–water partition coefficient (Wildman–Crippen LogP) is 3.17. The number of halogens is 1. The van der Waals surface area contributed by atoms with E-state index in [-0.39, 0.29) is 24.0 Å². The summed E-state index contributed by atoms with van der Waals surface area (Å²) in [6.07, 6.45) is 2.41. The van der Waals surface area contributed by atoms with Crippen LogP contribution in [0.15, 0.2) is 10.5 Å². The number of guanidine groups is 1. The summed E-state index contributed by atoms with van der Waals surface area (Å²) in [4.78, 5) is 9.74. The van der Waals surface area contributed by atoms with Gasteiger partial charge in [-0.3, -0.25) is 4.99 Å². The average molecular weight is 396 g/mol. The molecule has 0 spiro atoms. The molecule has 1 heterocycles. The lowest BCUT2D eigenvalue weighted by Crippen LogP contribution is -2.39. The van der Waals surface area contributed by atoms with E-state index in [4.69, 9.17) is 0 Å². The summed E-state index contributed by atoms with van der Waals surface area (Å²) in [6, 6.07) is 0. The van der Waals surface area contributed by atoms with E-state index >= 15 is 0 Å². The number of aryl methyl sites for hydroxylation is 1. The summed E-state index contributed by atoms with van der Waals surface area (Å²) in [7, 11) is 1.81. The van der Waals surface area contributed by atoms with Crippen molar-refractivity contribution in [2.75, 3.05) is 13.6 Å². The number of aromatic nitrogens is 1. The molecule has 1 aromatic heterocycles. The zero-order valence-corrected chi connectivity index (χ0v) is 15.3. The number of hydrogen-bond acceptors (Lipinski definition) is 3. The Labute approximate surface area is 137 Å². The van der Waals surface area contributed by atoms with Gasteiger partial charge in [-0.2, -0.15) is 0 Å². The number of aliphatic imine (C=N–C) groups is 1. The second-order valence-corrected chi connectivity index (χ2v) is 5.29. The Kier molecular flexibility index (Phi) is 10.2. The van der Waals surface area contributed by atoms with Gasteiger partial charge in [0.25, 0.3) is 0 Å². The van der Waals surface area contributed by atoms with Gasteiger partial charge in [0.05, 0.1) is 17.7 Å². The number of thiazole rings is 1. The van der Waals surface area contributed by atoms with Crippen molar-refractivity contribution in [1.29, 1.82) is 0 Å². The van der Waals surface area contributed by atoms with Crippen LogP contribution in [0.2, 0.25) is 0 Å². The fourth-order valence-corrected chi connectivity index (χ4v) is 2.42. The molecule has 0 atom stereocenters. The van der Waals surface area contributed by atoms with Crippen LogP contribution in [0, 0.1) is 12.8 Å². The molecule has 4 nitrogen and oxygen atoms in total. The van der Waals surface area contributed by atoms with E-state index in [1.54, 1.807) is 11.3 Å². The lowest BCUT2D eigenvalue weighted by Gasteiger charge is -2.16. The van der Waals surface area contributed by atoms with E-state index in [0.29, 0.717) is 5.92 Å². The molecule has 0 bridgehead atoms. The Morgan fingerprint density at radius 2 is 2.05 bits per heavy atom. The molecule has 0 aromatic carbocycles. The third-order valence-electron chi connectivity index (χ3n) is 3.20. The topological polar surface area (TPSA) is 49.3 Å². The van der Waals surface area contributed by atoms with Crippen molar-refractivity contribution in [2.45, 2.75) is 40.2 Å². The summed E-state index contributed by atoms with van der Waals surface area (Å²) in [5, 5.41) is 6.70. The third kappa shape index (κ3) is 6.56. The molecule has 2 N–H and O–H groups in total. The van der Waals surface area contributed by atoms with Crippen LogP contribution in [-0.4, -0.2) is 24.5 Å². The zero-order chi connectivity index (χ0) is 13.4. The summed E-state index contributed by atoms with van der Waals surface area (Å²) >= 11 is 1.68. The van der Waals surface area contributed by atoms with Gasteiger partial charge in [-0.05, 0) is 12.8 Å². The van der Waals surface area contributed by atoms with Gasteiger partial charge in [0, 0.05) is 18.5 Å². The highest BCUT2D eigenvalue weighted by molar-refractivity contribution is 14.0. The van der Waals surface area contributed by atoms with Crippen LogP contribution < -0.4 is 10.6 Å². The van der Waals surface area contributed by atoms with Crippen molar-refractivity contribution < 1.29 is 0 Å². The smallest absolute Gasteiger partial charge is 0.191 e. The van der Waals surface area contributed by atoms with Gasteiger partial charge in [-0.25, -0.2) is 4.98 Å². The van der Waals surface area contributed by atoms with E-state index in [9.17, 15) is 0 Å². The van der Waals surface area contributed by atoms with Crippen LogP contribution in [0.3, 0.4) is 0 Å². The standard InChI is InChI=1S/C13H24N4S.HI/c1-5-11(6-2)7-15-13(14-4)16-8-12-10(3)17-9-18-12;/h9,11H,5-8H2,1-4H3,(H2,14,15,16);1H. The largest absolute Gasteiger partial charge is 0.356 e. The SMILES string of the molecule is CCC(CC)CNC(=NC)NCc1scnc1C.I. The molecule has 0 radical (unpaired) electrons. The van der Waals surface area contributed by atoms with Crippen molar-refractivity contribution in [3.63, 3.8) is 0 Å². The van der Waals surface area contributed by atoms with E-state index in [2.05, 4.69) is 34.5 Å². The van der Waals surface area contributed by atoms with Gasteiger partial charge < -0.3 is 10.6 Å². The summed E-state index contributed by atoms with van der Waals surface area (Å²) in [6.45, 7) is 8.26. The van der Waals surface area contributed by atoms with Crippen LogP contribution in [0.5, 0.6) is 0 Å². The maximum Gasteiger partial charge on any atom is 0.191 e. The molecular formula is C13H25IN4S. The minimum Gasteiger partial charge on any atom is -0.356 e. The van der Waals surface area contributed by atoms with Crippen LogP contribution >= 0.6 is 35.3 Å². The highest BCUT2D eigenvalue weighted by Gasteiger charge is 2.06. The molecule has 0 aliphatic carbocycles. The zero-order valence-electron chi connectivity index (χ0n) is 12.2. The quantitative estimate of drug-likeness (QED) is 0.441. The van der Waals surface area contributed by atoms with Crippen molar-refractivity contribution in [3.05, 3.63) is 16.1 Å². The maximum absolute atomic E-state index is 4.24. The van der Waals surface area contributed by atoms with Crippen molar-refractivity contribution in [3.8, 4) is 0 Å². The highest BCUT2D eigenvalue weighted by Crippen LogP contribution is 2.11.